The minimum Gasteiger partial charge on any atom is -0.366 e. The maximum absolute atomic E-state index is 13.9. The van der Waals surface area contributed by atoms with Crippen LogP contribution in [0.3, 0.4) is 0 Å². The Morgan fingerprint density at radius 1 is 1.23 bits per heavy atom. The van der Waals surface area contributed by atoms with Crippen molar-refractivity contribution in [3.8, 4) is 0 Å². The molecule has 1 N–H and O–H groups in total. The second kappa shape index (κ2) is 9.63. The van der Waals surface area contributed by atoms with E-state index in [1.165, 1.54) is 16.4 Å². The highest BCUT2D eigenvalue weighted by molar-refractivity contribution is 9.10. The first-order chi connectivity index (χ1) is 16.8. The van der Waals surface area contributed by atoms with Gasteiger partial charge in [0.2, 0.25) is 10.0 Å². The average molecular weight is 559 g/mol. The van der Waals surface area contributed by atoms with Crippen molar-refractivity contribution in [2.24, 2.45) is 0 Å². The van der Waals surface area contributed by atoms with Gasteiger partial charge in [-0.3, -0.25) is 4.98 Å². The SMILES string of the molecule is Cc1ccc(F)cc1S(=O)(=O)N1CCCC(c2cc(NCc3cccnc3)n3ncc(Br)c3n2)C1. The third-order valence-electron chi connectivity index (χ3n) is 6.22. The Hall–Kier alpha value is -2.89. The molecule has 4 heterocycles. The van der Waals surface area contributed by atoms with E-state index in [1.54, 1.807) is 30.0 Å². The summed E-state index contributed by atoms with van der Waals surface area (Å²) in [6.45, 7) is 2.89. The van der Waals surface area contributed by atoms with E-state index in [-0.39, 0.29) is 17.4 Å². The van der Waals surface area contributed by atoms with Crippen LogP contribution in [0.4, 0.5) is 10.2 Å². The van der Waals surface area contributed by atoms with Crippen molar-refractivity contribution >= 4 is 37.4 Å². The van der Waals surface area contributed by atoms with Gasteiger partial charge in [0.15, 0.2) is 5.65 Å². The lowest BCUT2D eigenvalue weighted by Crippen LogP contribution is -2.39. The molecule has 5 rings (SSSR count). The van der Waals surface area contributed by atoms with Crippen molar-refractivity contribution in [2.75, 3.05) is 18.4 Å². The number of anilines is 1. The molecule has 0 saturated carbocycles. The number of fused-ring (bicyclic) bond motifs is 1. The lowest BCUT2D eigenvalue weighted by Gasteiger charge is -2.32. The summed E-state index contributed by atoms with van der Waals surface area (Å²) in [4.78, 5) is 8.98. The highest BCUT2D eigenvalue weighted by atomic mass is 79.9. The first kappa shape index (κ1) is 23.8. The van der Waals surface area contributed by atoms with Crippen LogP contribution < -0.4 is 5.32 Å². The second-order valence-electron chi connectivity index (χ2n) is 8.62. The number of pyridine rings is 1. The quantitative estimate of drug-likeness (QED) is 0.374. The molecule has 1 aromatic carbocycles. The normalized spacial score (nSPS) is 17.1. The van der Waals surface area contributed by atoms with Gasteiger partial charge in [0, 0.05) is 44.0 Å². The van der Waals surface area contributed by atoms with Crippen LogP contribution in [0.1, 0.15) is 35.6 Å². The Morgan fingerprint density at radius 2 is 2.09 bits per heavy atom. The second-order valence-corrected chi connectivity index (χ2v) is 11.4. The maximum Gasteiger partial charge on any atom is 0.243 e. The van der Waals surface area contributed by atoms with Crippen molar-refractivity contribution in [3.05, 3.63) is 82.1 Å². The topological polar surface area (TPSA) is 92.5 Å². The first-order valence-corrected chi connectivity index (χ1v) is 13.5. The molecule has 0 aliphatic carbocycles. The molecule has 1 aliphatic heterocycles. The Kier molecular flexibility index (Phi) is 6.56. The van der Waals surface area contributed by atoms with Gasteiger partial charge in [-0.05, 0) is 65.0 Å². The molecule has 182 valence electrons. The largest absolute Gasteiger partial charge is 0.366 e. The monoisotopic (exact) mass is 558 g/mol. The van der Waals surface area contributed by atoms with Crippen LogP contribution >= 0.6 is 15.9 Å². The fourth-order valence-electron chi connectivity index (χ4n) is 4.38. The number of hydrogen-bond acceptors (Lipinski definition) is 6. The van der Waals surface area contributed by atoms with Gasteiger partial charge in [-0.2, -0.15) is 13.9 Å². The minimum absolute atomic E-state index is 0.0129. The number of aromatic nitrogens is 4. The lowest BCUT2D eigenvalue weighted by molar-refractivity contribution is 0.312. The van der Waals surface area contributed by atoms with Gasteiger partial charge in [0.05, 0.1) is 21.3 Å². The van der Waals surface area contributed by atoms with Crippen molar-refractivity contribution < 1.29 is 12.8 Å². The molecule has 11 heteroatoms. The molecule has 0 spiro atoms. The van der Waals surface area contributed by atoms with E-state index in [1.807, 2.05) is 18.2 Å². The number of hydrogen-bond donors (Lipinski definition) is 1. The van der Waals surface area contributed by atoms with Crippen LogP contribution in [0.5, 0.6) is 0 Å². The number of rotatable bonds is 6. The number of aryl methyl sites for hydroxylation is 1. The van der Waals surface area contributed by atoms with Crippen molar-refractivity contribution in [2.45, 2.75) is 37.1 Å². The molecule has 3 aromatic heterocycles. The molecule has 0 radical (unpaired) electrons. The molecule has 1 unspecified atom stereocenters. The van der Waals surface area contributed by atoms with E-state index in [9.17, 15) is 12.8 Å². The molecule has 1 fully saturated rings. The summed E-state index contributed by atoms with van der Waals surface area (Å²) in [5.74, 6) is 0.0726. The highest BCUT2D eigenvalue weighted by Gasteiger charge is 2.33. The van der Waals surface area contributed by atoms with E-state index in [0.29, 0.717) is 30.7 Å². The summed E-state index contributed by atoms with van der Waals surface area (Å²) >= 11 is 3.52. The Morgan fingerprint density at radius 3 is 2.89 bits per heavy atom. The molecule has 8 nitrogen and oxygen atoms in total. The van der Waals surface area contributed by atoms with Crippen LogP contribution in [-0.4, -0.2) is 45.4 Å². The molecular formula is C24H24BrFN6O2S. The first-order valence-electron chi connectivity index (χ1n) is 11.3. The summed E-state index contributed by atoms with van der Waals surface area (Å²) in [6, 6.07) is 9.66. The average Bonchev–Trinajstić information content (AvgIpc) is 3.25. The summed E-state index contributed by atoms with van der Waals surface area (Å²) in [5.41, 5.74) is 2.98. The predicted molar refractivity (Wildman–Crippen MR) is 134 cm³/mol. The van der Waals surface area contributed by atoms with Crippen molar-refractivity contribution in [1.29, 1.82) is 0 Å². The van der Waals surface area contributed by atoms with Crippen LogP contribution in [0.2, 0.25) is 0 Å². The Labute approximate surface area is 211 Å². The number of sulfonamides is 1. The van der Waals surface area contributed by atoms with Crippen molar-refractivity contribution in [1.82, 2.24) is 23.9 Å². The molecule has 0 bridgehead atoms. The fourth-order valence-corrected chi connectivity index (χ4v) is 6.49. The third kappa shape index (κ3) is 4.80. The number of halogens is 2. The fraction of sp³-hybridized carbons (Fsp3) is 0.292. The Bertz CT molecular complexity index is 1480. The van der Waals surface area contributed by atoms with Gasteiger partial charge in [0.1, 0.15) is 11.6 Å². The number of nitrogens with zero attached hydrogens (tertiary/aromatic N) is 5. The standard InChI is InChI=1S/C24H24BrFN6O2S/c1-16-6-7-19(26)10-22(16)35(33,34)31-9-3-5-18(15-31)21-11-23(28-13-17-4-2-8-27-12-17)32-24(30-21)20(25)14-29-32/h2,4,6-8,10-12,14,18,28H,3,5,9,13,15H2,1H3. The Balaban J connectivity index is 1.45. The molecule has 1 atom stereocenters. The van der Waals surface area contributed by atoms with Gasteiger partial charge in [-0.1, -0.05) is 12.1 Å². The van der Waals surface area contributed by atoms with E-state index in [4.69, 9.17) is 4.98 Å². The van der Waals surface area contributed by atoms with E-state index >= 15 is 0 Å². The number of benzene rings is 1. The zero-order valence-corrected chi connectivity index (χ0v) is 21.4. The smallest absolute Gasteiger partial charge is 0.243 e. The summed E-state index contributed by atoms with van der Waals surface area (Å²) in [7, 11) is -3.84. The molecule has 4 aromatic rings. The summed E-state index contributed by atoms with van der Waals surface area (Å²) in [6.07, 6.45) is 6.69. The predicted octanol–water partition coefficient (Wildman–Crippen LogP) is 4.51. The van der Waals surface area contributed by atoms with Crippen LogP contribution in [0.15, 0.2) is 64.4 Å². The minimum atomic E-state index is -3.84. The molecule has 35 heavy (non-hydrogen) atoms. The zero-order valence-electron chi connectivity index (χ0n) is 19.0. The van der Waals surface area contributed by atoms with E-state index in [0.717, 1.165) is 34.0 Å². The van der Waals surface area contributed by atoms with E-state index < -0.39 is 15.8 Å². The lowest BCUT2D eigenvalue weighted by atomic mass is 9.96. The zero-order chi connectivity index (χ0) is 24.6. The highest BCUT2D eigenvalue weighted by Crippen LogP contribution is 2.33. The van der Waals surface area contributed by atoms with Gasteiger partial charge in [-0.25, -0.2) is 17.8 Å². The number of nitrogens with one attached hydrogen (secondary N) is 1. The van der Waals surface area contributed by atoms with E-state index in [2.05, 4.69) is 31.3 Å². The van der Waals surface area contributed by atoms with Gasteiger partial charge in [0.25, 0.3) is 0 Å². The summed E-state index contributed by atoms with van der Waals surface area (Å²) < 4.78 is 44.6. The van der Waals surface area contributed by atoms with Gasteiger partial charge < -0.3 is 5.32 Å². The third-order valence-corrected chi connectivity index (χ3v) is 8.78. The molecular weight excluding hydrogens is 535 g/mol. The van der Waals surface area contributed by atoms with Crippen molar-refractivity contribution in [3.63, 3.8) is 0 Å². The maximum atomic E-state index is 13.9. The molecule has 1 aliphatic rings. The molecule has 0 amide bonds. The summed E-state index contributed by atoms with van der Waals surface area (Å²) in [5, 5.41) is 7.82. The van der Waals surface area contributed by atoms with Gasteiger partial charge >= 0.3 is 0 Å². The number of piperidine rings is 1. The van der Waals surface area contributed by atoms with Crippen LogP contribution in [0, 0.1) is 12.7 Å². The van der Waals surface area contributed by atoms with Gasteiger partial charge in [-0.15, -0.1) is 0 Å². The van der Waals surface area contributed by atoms with Crippen LogP contribution in [-0.2, 0) is 16.6 Å². The van der Waals surface area contributed by atoms with Crippen LogP contribution in [0.25, 0.3) is 5.65 Å². The molecule has 1 saturated heterocycles.